The Morgan fingerprint density at radius 2 is 1.96 bits per heavy atom. The number of nitrogens with one attached hydrogen (secondary N) is 2. The fourth-order valence-electron chi connectivity index (χ4n) is 3.12. The summed E-state index contributed by atoms with van der Waals surface area (Å²) in [5.74, 6) is 0.908. The van der Waals surface area contributed by atoms with E-state index in [1.807, 2.05) is 6.92 Å². The number of nitrogens with zero attached hydrogens (tertiary/aromatic N) is 1. The Morgan fingerprint density at radius 1 is 1.32 bits per heavy atom. The van der Waals surface area contributed by atoms with Crippen molar-refractivity contribution in [2.45, 2.75) is 44.1 Å². The fraction of sp³-hybridized carbons (Fsp3) is 0.611. The smallest absolute Gasteiger partial charge is 0.191 e. The standard InChI is InChI=1S/C18H28BrN3O2S/c1-14(9-12-25(3,23)24)22-17(20-2)21-13-18(10-4-11-18)15-5-7-16(19)8-6-15/h5-8,14H,4,9-13H2,1-3H3,(H2,20,21,22). The summed E-state index contributed by atoms with van der Waals surface area (Å²) in [4.78, 5) is 4.28. The van der Waals surface area contributed by atoms with Gasteiger partial charge in [0.15, 0.2) is 5.96 Å². The molecule has 0 heterocycles. The third-order valence-electron chi connectivity index (χ3n) is 4.89. The molecule has 1 atom stereocenters. The largest absolute Gasteiger partial charge is 0.356 e. The van der Waals surface area contributed by atoms with Crippen molar-refractivity contribution in [1.82, 2.24) is 10.6 Å². The zero-order valence-corrected chi connectivity index (χ0v) is 17.6. The molecule has 2 rings (SSSR count). The number of benzene rings is 1. The van der Waals surface area contributed by atoms with Gasteiger partial charge >= 0.3 is 0 Å². The maximum absolute atomic E-state index is 11.3. The van der Waals surface area contributed by atoms with Gasteiger partial charge < -0.3 is 10.6 Å². The average Bonchev–Trinajstić information content (AvgIpc) is 2.51. The lowest BCUT2D eigenvalue weighted by atomic mass is 9.64. The second kappa shape index (κ2) is 8.54. The van der Waals surface area contributed by atoms with Crippen LogP contribution >= 0.6 is 15.9 Å². The van der Waals surface area contributed by atoms with E-state index in [0.717, 1.165) is 17.0 Å². The van der Waals surface area contributed by atoms with Crippen molar-refractivity contribution in [2.24, 2.45) is 4.99 Å². The van der Waals surface area contributed by atoms with E-state index < -0.39 is 9.84 Å². The third-order valence-corrected chi connectivity index (χ3v) is 6.40. The lowest BCUT2D eigenvalue weighted by molar-refractivity contribution is 0.243. The van der Waals surface area contributed by atoms with Crippen LogP contribution in [0.1, 0.15) is 38.2 Å². The first-order valence-corrected chi connectivity index (χ1v) is 11.5. The molecule has 7 heteroatoms. The van der Waals surface area contributed by atoms with Crippen molar-refractivity contribution in [2.75, 3.05) is 25.6 Å². The lowest BCUT2D eigenvalue weighted by Gasteiger charge is -2.43. The Kier molecular flexibility index (Phi) is 6.91. The average molecular weight is 430 g/mol. The summed E-state index contributed by atoms with van der Waals surface area (Å²) in [6, 6.07) is 8.61. The topological polar surface area (TPSA) is 70.6 Å². The van der Waals surface area contributed by atoms with Crippen LogP contribution < -0.4 is 10.6 Å². The Balaban J connectivity index is 1.92. The van der Waals surface area contributed by atoms with Gasteiger partial charge in [-0.25, -0.2) is 8.42 Å². The second-order valence-electron chi connectivity index (χ2n) is 7.03. The summed E-state index contributed by atoms with van der Waals surface area (Å²) in [7, 11) is -1.19. The van der Waals surface area contributed by atoms with Crippen LogP contribution in [0.15, 0.2) is 33.7 Å². The molecular weight excluding hydrogens is 402 g/mol. The molecule has 1 unspecified atom stereocenters. The molecule has 0 aliphatic heterocycles. The SMILES string of the molecule is CN=C(NCC1(c2ccc(Br)cc2)CCC1)NC(C)CCS(C)(=O)=O. The predicted molar refractivity (Wildman–Crippen MR) is 108 cm³/mol. The van der Waals surface area contributed by atoms with Gasteiger partial charge in [0.1, 0.15) is 9.84 Å². The zero-order valence-electron chi connectivity index (χ0n) is 15.2. The van der Waals surface area contributed by atoms with Crippen LogP contribution in [0.3, 0.4) is 0 Å². The molecule has 140 valence electrons. The van der Waals surface area contributed by atoms with Gasteiger partial charge in [-0.15, -0.1) is 0 Å². The van der Waals surface area contributed by atoms with Gasteiger partial charge in [-0.05, 0) is 43.9 Å². The first-order chi connectivity index (χ1) is 11.7. The molecule has 0 spiro atoms. The summed E-state index contributed by atoms with van der Waals surface area (Å²) < 4.78 is 23.7. The number of rotatable bonds is 7. The maximum Gasteiger partial charge on any atom is 0.191 e. The monoisotopic (exact) mass is 429 g/mol. The van der Waals surface area contributed by atoms with Crippen molar-refractivity contribution >= 4 is 31.7 Å². The minimum atomic E-state index is -2.94. The van der Waals surface area contributed by atoms with E-state index in [9.17, 15) is 8.42 Å². The fourth-order valence-corrected chi connectivity index (χ4v) is 4.16. The van der Waals surface area contributed by atoms with Gasteiger partial charge in [-0.3, -0.25) is 4.99 Å². The van der Waals surface area contributed by atoms with E-state index in [0.29, 0.717) is 6.42 Å². The van der Waals surface area contributed by atoms with Crippen LogP contribution in [0.5, 0.6) is 0 Å². The van der Waals surface area contributed by atoms with E-state index >= 15 is 0 Å². The highest BCUT2D eigenvalue weighted by Gasteiger charge is 2.38. The molecule has 0 amide bonds. The molecule has 5 nitrogen and oxygen atoms in total. The van der Waals surface area contributed by atoms with Crippen molar-refractivity contribution in [1.29, 1.82) is 0 Å². The van der Waals surface area contributed by atoms with E-state index in [2.05, 4.69) is 55.8 Å². The number of hydrogen-bond donors (Lipinski definition) is 2. The van der Waals surface area contributed by atoms with Crippen molar-refractivity contribution < 1.29 is 8.42 Å². The number of halogens is 1. The molecule has 1 aromatic rings. The predicted octanol–water partition coefficient (Wildman–Crippen LogP) is 2.86. The van der Waals surface area contributed by atoms with Crippen LogP contribution in [0, 0.1) is 0 Å². The number of sulfone groups is 1. The molecule has 0 bridgehead atoms. The van der Waals surface area contributed by atoms with Crippen molar-refractivity contribution in [3.05, 3.63) is 34.3 Å². The van der Waals surface area contributed by atoms with Crippen LogP contribution in [0.2, 0.25) is 0 Å². The third kappa shape index (κ3) is 5.99. The van der Waals surface area contributed by atoms with Gasteiger partial charge in [0, 0.05) is 35.8 Å². The number of hydrogen-bond acceptors (Lipinski definition) is 3. The number of guanidine groups is 1. The van der Waals surface area contributed by atoms with Crippen LogP contribution in [-0.4, -0.2) is 46.0 Å². The molecule has 0 aromatic heterocycles. The van der Waals surface area contributed by atoms with Gasteiger partial charge in [0.05, 0.1) is 5.75 Å². The Labute approximate surface area is 159 Å². The maximum atomic E-state index is 11.3. The van der Waals surface area contributed by atoms with Crippen LogP contribution in [-0.2, 0) is 15.3 Å². The Morgan fingerprint density at radius 3 is 2.44 bits per heavy atom. The second-order valence-corrected chi connectivity index (χ2v) is 10.2. The molecule has 1 aliphatic rings. The minimum absolute atomic E-state index is 0.0472. The molecule has 25 heavy (non-hydrogen) atoms. The molecule has 1 aliphatic carbocycles. The van der Waals surface area contributed by atoms with E-state index in [1.54, 1.807) is 7.05 Å². The highest BCUT2D eigenvalue weighted by atomic mass is 79.9. The Bertz CT molecular complexity index is 698. The van der Waals surface area contributed by atoms with Gasteiger partial charge in [0.2, 0.25) is 0 Å². The molecule has 0 saturated heterocycles. The van der Waals surface area contributed by atoms with E-state index in [1.165, 1.54) is 31.1 Å². The molecular formula is C18H28BrN3O2S. The zero-order chi connectivity index (χ0) is 18.5. The quantitative estimate of drug-likeness (QED) is 0.516. The molecule has 1 saturated carbocycles. The van der Waals surface area contributed by atoms with Crippen LogP contribution in [0.25, 0.3) is 0 Å². The van der Waals surface area contributed by atoms with Gasteiger partial charge in [-0.2, -0.15) is 0 Å². The first kappa shape index (κ1) is 20.2. The summed E-state index contributed by atoms with van der Waals surface area (Å²) in [6.45, 7) is 2.80. The van der Waals surface area contributed by atoms with Gasteiger partial charge in [-0.1, -0.05) is 34.5 Å². The molecule has 1 aromatic carbocycles. The van der Waals surface area contributed by atoms with Crippen LogP contribution in [0.4, 0.5) is 0 Å². The van der Waals surface area contributed by atoms with Gasteiger partial charge in [0.25, 0.3) is 0 Å². The normalized spacial score (nSPS) is 18.3. The lowest BCUT2D eigenvalue weighted by Crippen LogP contribution is -2.50. The summed E-state index contributed by atoms with van der Waals surface area (Å²) in [5, 5.41) is 6.72. The highest BCUT2D eigenvalue weighted by molar-refractivity contribution is 9.10. The number of aliphatic imine (C=N–C) groups is 1. The van der Waals surface area contributed by atoms with Crippen molar-refractivity contribution in [3.63, 3.8) is 0 Å². The minimum Gasteiger partial charge on any atom is -0.356 e. The summed E-state index contributed by atoms with van der Waals surface area (Å²) in [6.07, 6.45) is 5.42. The summed E-state index contributed by atoms with van der Waals surface area (Å²) in [5.41, 5.74) is 1.52. The summed E-state index contributed by atoms with van der Waals surface area (Å²) >= 11 is 3.49. The molecule has 2 N–H and O–H groups in total. The van der Waals surface area contributed by atoms with Crippen molar-refractivity contribution in [3.8, 4) is 0 Å². The van der Waals surface area contributed by atoms with E-state index in [4.69, 9.17) is 0 Å². The Hall–Kier alpha value is -1.08. The first-order valence-electron chi connectivity index (χ1n) is 8.65. The highest BCUT2D eigenvalue weighted by Crippen LogP contribution is 2.43. The van der Waals surface area contributed by atoms with E-state index in [-0.39, 0.29) is 17.2 Å². The molecule has 1 fully saturated rings. The molecule has 0 radical (unpaired) electrons.